The lowest BCUT2D eigenvalue weighted by Crippen LogP contribution is -2.25. The lowest BCUT2D eigenvalue weighted by molar-refractivity contribution is -0.116. The number of hydrogen-bond acceptors (Lipinski definition) is 5. The highest BCUT2D eigenvalue weighted by molar-refractivity contribution is 7.20. The molecule has 35 heavy (non-hydrogen) atoms. The minimum Gasteiger partial charge on any atom is -0.489 e. The molecule has 6 rings (SSSR count). The number of nitrogens with zero attached hydrogens (tertiary/aromatic N) is 3. The van der Waals surface area contributed by atoms with Crippen LogP contribution in [0.4, 0.5) is 10.2 Å². The van der Waals surface area contributed by atoms with E-state index in [0.717, 1.165) is 32.6 Å². The Bertz CT molecular complexity index is 1520. The first kappa shape index (κ1) is 21.5. The fourth-order valence-electron chi connectivity index (χ4n) is 4.54. The molecule has 0 spiro atoms. The van der Waals surface area contributed by atoms with Crippen LogP contribution in [0, 0.1) is 12.7 Å². The zero-order valence-corrected chi connectivity index (χ0v) is 19.7. The number of thiazole rings is 1. The third-order valence-corrected chi connectivity index (χ3v) is 7.18. The Morgan fingerprint density at radius 1 is 1.09 bits per heavy atom. The number of hydrogen-bond donors (Lipinski definition) is 1. The third-order valence-electron chi connectivity index (χ3n) is 6.17. The predicted octanol–water partition coefficient (Wildman–Crippen LogP) is 5.98. The van der Waals surface area contributed by atoms with Gasteiger partial charge in [0.1, 0.15) is 24.0 Å². The Labute approximate surface area is 205 Å². The van der Waals surface area contributed by atoms with E-state index in [0.29, 0.717) is 23.3 Å². The van der Waals surface area contributed by atoms with Crippen molar-refractivity contribution in [3.63, 3.8) is 0 Å². The number of anilines is 1. The minimum atomic E-state index is -0.282. The van der Waals surface area contributed by atoms with Gasteiger partial charge in [-0.25, -0.2) is 9.37 Å². The predicted molar refractivity (Wildman–Crippen MR) is 134 cm³/mol. The SMILES string of the molecule is Cc1nn(-c2nc3ccccc3s2)c2c1C(c1ccccc1OCc1ccc(F)cc1)CC(=O)N2. The summed E-state index contributed by atoms with van der Waals surface area (Å²) in [6.07, 6.45) is 0.288. The summed E-state index contributed by atoms with van der Waals surface area (Å²) in [5.74, 6) is 0.755. The topological polar surface area (TPSA) is 69.0 Å². The Hall–Kier alpha value is -4.04. The van der Waals surface area contributed by atoms with Gasteiger partial charge >= 0.3 is 0 Å². The molecule has 1 aliphatic heterocycles. The summed E-state index contributed by atoms with van der Waals surface area (Å²) in [5.41, 5.74) is 4.47. The van der Waals surface area contributed by atoms with Gasteiger partial charge in [0.15, 0.2) is 0 Å². The molecule has 1 atom stereocenters. The van der Waals surface area contributed by atoms with E-state index in [2.05, 4.69) is 5.32 Å². The fourth-order valence-corrected chi connectivity index (χ4v) is 5.47. The van der Waals surface area contributed by atoms with Gasteiger partial charge < -0.3 is 10.1 Å². The van der Waals surface area contributed by atoms with Crippen LogP contribution in [0.5, 0.6) is 5.75 Å². The summed E-state index contributed by atoms with van der Waals surface area (Å²) in [6, 6.07) is 21.9. The highest BCUT2D eigenvalue weighted by Crippen LogP contribution is 2.43. The van der Waals surface area contributed by atoms with Crippen LogP contribution in [0.25, 0.3) is 15.3 Å². The second-order valence-electron chi connectivity index (χ2n) is 8.48. The molecule has 3 aromatic carbocycles. The number of aryl methyl sites for hydroxylation is 1. The highest BCUT2D eigenvalue weighted by atomic mass is 32.1. The molecule has 1 unspecified atom stereocenters. The van der Waals surface area contributed by atoms with Gasteiger partial charge in [0.25, 0.3) is 0 Å². The molecule has 8 heteroatoms. The third kappa shape index (κ3) is 3.95. The van der Waals surface area contributed by atoms with Crippen LogP contribution in [-0.2, 0) is 11.4 Å². The van der Waals surface area contributed by atoms with Gasteiger partial charge in [0, 0.05) is 23.5 Å². The number of rotatable bonds is 5. The van der Waals surface area contributed by atoms with Crippen molar-refractivity contribution in [1.82, 2.24) is 14.8 Å². The van der Waals surface area contributed by atoms with Crippen molar-refractivity contribution in [2.75, 3.05) is 5.32 Å². The highest BCUT2D eigenvalue weighted by Gasteiger charge is 2.34. The smallest absolute Gasteiger partial charge is 0.226 e. The number of amides is 1. The van der Waals surface area contributed by atoms with Gasteiger partial charge in [-0.15, -0.1) is 0 Å². The van der Waals surface area contributed by atoms with Gasteiger partial charge in [-0.1, -0.05) is 53.8 Å². The second kappa shape index (κ2) is 8.63. The molecule has 6 nitrogen and oxygen atoms in total. The van der Waals surface area contributed by atoms with Crippen LogP contribution < -0.4 is 10.1 Å². The van der Waals surface area contributed by atoms with E-state index < -0.39 is 0 Å². The second-order valence-corrected chi connectivity index (χ2v) is 9.49. The number of nitrogens with one attached hydrogen (secondary N) is 1. The number of carbonyl (C=O) groups excluding carboxylic acids is 1. The first-order valence-electron chi connectivity index (χ1n) is 11.3. The summed E-state index contributed by atoms with van der Waals surface area (Å²) >= 11 is 1.53. The molecule has 1 aliphatic rings. The van der Waals surface area contributed by atoms with Gasteiger partial charge in [-0.05, 0) is 42.8 Å². The number of halogens is 1. The minimum absolute atomic E-state index is 0.0851. The maximum absolute atomic E-state index is 13.3. The zero-order valence-electron chi connectivity index (χ0n) is 18.9. The van der Waals surface area contributed by atoms with Gasteiger partial charge in [-0.2, -0.15) is 9.78 Å². The quantitative estimate of drug-likeness (QED) is 0.333. The number of benzene rings is 3. The maximum atomic E-state index is 13.3. The van der Waals surface area contributed by atoms with Gasteiger partial charge in [0.05, 0.1) is 15.9 Å². The van der Waals surface area contributed by atoms with E-state index in [4.69, 9.17) is 14.8 Å². The monoisotopic (exact) mass is 484 g/mol. The molecule has 0 saturated carbocycles. The lowest BCUT2D eigenvalue weighted by atomic mass is 9.85. The molecule has 1 N–H and O–H groups in total. The van der Waals surface area contributed by atoms with Crippen LogP contribution in [-0.4, -0.2) is 20.7 Å². The number of para-hydroxylation sites is 2. The molecule has 0 bridgehead atoms. The van der Waals surface area contributed by atoms with Crippen molar-refractivity contribution < 1.29 is 13.9 Å². The molecule has 3 heterocycles. The largest absolute Gasteiger partial charge is 0.489 e. The zero-order chi connectivity index (χ0) is 23.9. The number of aromatic nitrogens is 3. The molecule has 0 aliphatic carbocycles. The van der Waals surface area contributed by atoms with Crippen molar-refractivity contribution >= 4 is 33.3 Å². The average Bonchev–Trinajstić information content (AvgIpc) is 3.44. The normalized spacial score (nSPS) is 15.1. The lowest BCUT2D eigenvalue weighted by Gasteiger charge is -2.25. The van der Waals surface area contributed by atoms with Crippen LogP contribution in [0.15, 0.2) is 72.8 Å². The molecule has 174 valence electrons. The average molecular weight is 485 g/mol. The standard InChI is InChI=1S/C27H21FN4O2S/c1-16-25-20(19-6-2-4-8-22(19)34-15-17-10-12-18(28)13-11-17)14-24(33)30-26(25)32(31-16)27-29-21-7-3-5-9-23(21)35-27/h2-13,20H,14-15H2,1H3,(H,30,33). The van der Waals surface area contributed by atoms with E-state index in [1.54, 1.807) is 16.8 Å². The van der Waals surface area contributed by atoms with Crippen molar-refractivity contribution in [2.24, 2.45) is 0 Å². The Morgan fingerprint density at radius 2 is 1.86 bits per heavy atom. The summed E-state index contributed by atoms with van der Waals surface area (Å²) < 4.78 is 22.2. The Kier molecular flexibility index (Phi) is 5.30. The van der Waals surface area contributed by atoms with Crippen LogP contribution >= 0.6 is 11.3 Å². The molecule has 1 amide bonds. The molecule has 0 radical (unpaired) electrons. The van der Waals surface area contributed by atoms with E-state index in [1.807, 2.05) is 55.5 Å². The van der Waals surface area contributed by atoms with E-state index in [1.165, 1.54) is 23.5 Å². The number of carbonyl (C=O) groups is 1. The van der Waals surface area contributed by atoms with E-state index in [-0.39, 0.29) is 24.1 Å². The summed E-state index contributed by atoms with van der Waals surface area (Å²) in [6.45, 7) is 2.25. The molecule has 5 aromatic rings. The summed E-state index contributed by atoms with van der Waals surface area (Å²) in [7, 11) is 0. The summed E-state index contributed by atoms with van der Waals surface area (Å²) in [4.78, 5) is 17.6. The van der Waals surface area contributed by atoms with Gasteiger partial charge in [0.2, 0.25) is 11.0 Å². The Morgan fingerprint density at radius 3 is 2.69 bits per heavy atom. The van der Waals surface area contributed by atoms with Crippen molar-refractivity contribution in [2.45, 2.75) is 25.9 Å². The number of fused-ring (bicyclic) bond motifs is 2. The van der Waals surface area contributed by atoms with E-state index in [9.17, 15) is 9.18 Å². The van der Waals surface area contributed by atoms with Crippen molar-refractivity contribution in [3.05, 3.63) is 101 Å². The fraction of sp³-hybridized carbons (Fsp3) is 0.148. The molecule has 2 aromatic heterocycles. The first-order valence-corrected chi connectivity index (χ1v) is 12.1. The van der Waals surface area contributed by atoms with Crippen LogP contribution in [0.2, 0.25) is 0 Å². The first-order chi connectivity index (χ1) is 17.1. The maximum Gasteiger partial charge on any atom is 0.226 e. The molecule has 0 saturated heterocycles. The van der Waals surface area contributed by atoms with Crippen LogP contribution in [0.3, 0.4) is 0 Å². The summed E-state index contributed by atoms with van der Waals surface area (Å²) in [5, 5.41) is 8.51. The molecular formula is C27H21FN4O2S. The van der Waals surface area contributed by atoms with E-state index >= 15 is 0 Å². The molecule has 0 fully saturated rings. The van der Waals surface area contributed by atoms with Crippen molar-refractivity contribution in [1.29, 1.82) is 0 Å². The van der Waals surface area contributed by atoms with Crippen molar-refractivity contribution in [3.8, 4) is 10.9 Å². The Balaban J connectivity index is 1.39. The van der Waals surface area contributed by atoms with Gasteiger partial charge in [-0.3, -0.25) is 4.79 Å². The molecular weight excluding hydrogens is 463 g/mol. The van der Waals surface area contributed by atoms with Crippen LogP contribution in [0.1, 0.15) is 34.7 Å². The number of ether oxygens (including phenoxy) is 1.